The van der Waals surface area contributed by atoms with E-state index in [-0.39, 0.29) is 19.6 Å². The fourth-order valence-electron chi connectivity index (χ4n) is 0.805. The summed E-state index contributed by atoms with van der Waals surface area (Å²) < 4.78 is 52.7. The molecule has 0 aromatic carbocycles. The van der Waals surface area contributed by atoms with Crippen molar-refractivity contribution in [1.29, 1.82) is 0 Å². The lowest BCUT2D eigenvalue weighted by Gasteiger charge is -2.25. The summed E-state index contributed by atoms with van der Waals surface area (Å²) in [6.45, 7) is 1.98. The molecule has 0 saturated carbocycles. The molecule has 1 saturated heterocycles. The van der Waals surface area contributed by atoms with Crippen molar-refractivity contribution in [3.05, 3.63) is 0 Å². The predicted molar refractivity (Wildman–Crippen MR) is 48.4 cm³/mol. The summed E-state index contributed by atoms with van der Waals surface area (Å²) in [7, 11) is -8.28. The van der Waals surface area contributed by atoms with E-state index in [2.05, 4.69) is 8.37 Å². The van der Waals surface area contributed by atoms with E-state index in [9.17, 15) is 16.8 Å². The molecule has 0 radical (unpaired) electrons. The third-order valence-corrected chi connectivity index (χ3v) is 6.56. The Morgan fingerprint density at radius 3 is 1.64 bits per heavy atom. The first kappa shape index (κ1) is 11.9. The summed E-state index contributed by atoms with van der Waals surface area (Å²) in [6, 6.07) is 0. The van der Waals surface area contributed by atoms with Crippen molar-refractivity contribution in [3.63, 3.8) is 0 Å². The van der Waals surface area contributed by atoms with Crippen LogP contribution in [0.2, 0.25) is 0 Å². The van der Waals surface area contributed by atoms with Gasteiger partial charge in [0.1, 0.15) is 0 Å². The van der Waals surface area contributed by atoms with E-state index in [4.69, 9.17) is 0 Å². The van der Waals surface area contributed by atoms with Gasteiger partial charge in [0.15, 0.2) is 0 Å². The fourth-order valence-corrected chi connectivity index (χ4v) is 3.34. The standard InChI is InChI=1S/C6H12O6S2/c1-6(2)13(7,8)11-4-3-5-12-14(6,9)10/h3-5H2,1-2H3. The Kier molecular flexibility index (Phi) is 2.92. The van der Waals surface area contributed by atoms with Gasteiger partial charge >= 0.3 is 0 Å². The van der Waals surface area contributed by atoms with Crippen molar-refractivity contribution in [2.45, 2.75) is 24.3 Å². The van der Waals surface area contributed by atoms with Gasteiger partial charge in [-0.3, -0.25) is 8.37 Å². The summed E-state index contributed by atoms with van der Waals surface area (Å²) in [6.07, 6.45) is 0.231. The van der Waals surface area contributed by atoms with Crippen LogP contribution in [0.5, 0.6) is 0 Å². The van der Waals surface area contributed by atoms with Gasteiger partial charge in [0.2, 0.25) is 4.08 Å². The highest BCUT2D eigenvalue weighted by Crippen LogP contribution is 2.28. The zero-order chi connectivity index (χ0) is 11.0. The molecule has 0 spiro atoms. The van der Waals surface area contributed by atoms with Crippen LogP contribution in [-0.4, -0.2) is 34.1 Å². The summed E-state index contributed by atoms with van der Waals surface area (Å²) in [5.41, 5.74) is 0. The second-order valence-corrected chi connectivity index (χ2v) is 7.89. The van der Waals surface area contributed by atoms with Crippen LogP contribution in [0.15, 0.2) is 0 Å². The number of hydrogen-bond donors (Lipinski definition) is 0. The molecule has 1 aliphatic heterocycles. The molecule has 0 amide bonds. The monoisotopic (exact) mass is 244 g/mol. The molecule has 1 rings (SSSR count). The normalized spacial score (nSPS) is 30.1. The van der Waals surface area contributed by atoms with Crippen LogP contribution in [0, 0.1) is 0 Å². The van der Waals surface area contributed by atoms with Crippen LogP contribution >= 0.6 is 0 Å². The molecule has 1 aliphatic rings. The van der Waals surface area contributed by atoms with Gasteiger partial charge in [-0.2, -0.15) is 16.8 Å². The minimum atomic E-state index is -4.14. The van der Waals surface area contributed by atoms with Gasteiger partial charge in [-0.1, -0.05) is 0 Å². The van der Waals surface area contributed by atoms with E-state index in [0.29, 0.717) is 0 Å². The van der Waals surface area contributed by atoms with Crippen molar-refractivity contribution in [1.82, 2.24) is 0 Å². The zero-order valence-corrected chi connectivity index (χ0v) is 9.52. The first-order valence-electron chi connectivity index (χ1n) is 3.99. The second-order valence-electron chi connectivity index (χ2n) is 3.31. The van der Waals surface area contributed by atoms with Crippen LogP contribution in [0.3, 0.4) is 0 Å². The quantitative estimate of drug-likeness (QED) is 0.549. The van der Waals surface area contributed by atoms with Gasteiger partial charge in [0.05, 0.1) is 13.2 Å². The lowest BCUT2D eigenvalue weighted by Crippen LogP contribution is -2.44. The highest BCUT2D eigenvalue weighted by atomic mass is 32.3. The average Bonchev–Trinajstić information content (AvgIpc) is 2.01. The highest BCUT2D eigenvalue weighted by molar-refractivity contribution is 8.06. The maximum atomic E-state index is 11.4. The molecule has 0 aromatic heterocycles. The Hall–Kier alpha value is -0.180. The Morgan fingerprint density at radius 2 is 1.29 bits per heavy atom. The van der Waals surface area contributed by atoms with Crippen molar-refractivity contribution in [3.8, 4) is 0 Å². The molecule has 0 aliphatic carbocycles. The fraction of sp³-hybridized carbons (Fsp3) is 1.00. The minimum absolute atomic E-state index is 0.0543. The maximum Gasteiger partial charge on any atom is 0.289 e. The van der Waals surface area contributed by atoms with Gasteiger partial charge in [0, 0.05) is 0 Å². The van der Waals surface area contributed by atoms with Crippen molar-refractivity contribution < 1.29 is 25.2 Å². The molecule has 1 heterocycles. The first-order chi connectivity index (χ1) is 6.21. The molecule has 0 atom stereocenters. The molecular weight excluding hydrogens is 232 g/mol. The van der Waals surface area contributed by atoms with Crippen LogP contribution < -0.4 is 0 Å². The molecule has 0 unspecified atom stereocenters. The largest absolute Gasteiger partial charge is 0.289 e. The molecule has 0 N–H and O–H groups in total. The minimum Gasteiger partial charge on any atom is -0.269 e. The lowest BCUT2D eigenvalue weighted by atomic mass is 10.5. The van der Waals surface area contributed by atoms with E-state index in [1.165, 1.54) is 0 Å². The van der Waals surface area contributed by atoms with E-state index in [1.807, 2.05) is 0 Å². The van der Waals surface area contributed by atoms with Gasteiger partial charge in [-0.25, -0.2) is 0 Å². The van der Waals surface area contributed by atoms with Gasteiger partial charge < -0.3 is 0 Å². The van der Waals surface area contributed by atoms with Crippen molar-refractivity contribution >= 4 is 20.2 Å². The number of rotatable bonds is 0. The molecule has 1 fully saturated rings. The molecule has 14 heavy (non-hydrogen) atoms. The van der Waals surface area contributed by atoms with E-state index in [0.717, 1.165) is 13.8 Å². The van der Waals surface area contributed by atoms with Gasteiger partial charge in [0.25, 0.3) is 20.2 Å². The molecule has 84 valence electrons. The summed E-state index contributed by atoms with van der Waals surface area (Å²) in [5, 5.41) is 0. The Balaban J connectivity index is 3.25. The van der Waals surface area contributed by atoms with Gasteiger partial charge in [-0.15, -0.1) is 0 Å². The average molecular weight is 244 g/mol. The van der Waals surface area contributed by atoms with E-state index >= 15 is 0 Å². The van der Waals surface area contributed by atoms with Crippen molar-refractivity contribution in [2.24, 2.45) is 0 Å². The van der Waals surface area contributed by atoms with E-state index < -0.39 is 24.3 Å². The Bertz CT molecular complexity index is 366. The highest BCUT2D eigenvalue weighted by Gasteiger charge is 2.49. The van der Waals surface area contributed by atoms with Gasteiger partial charge in [-0.05, 0) is 20.3 Å². The summed E-state index contributed by atoms with van der Waals surface area (Å²) in [4.78, 5) is 0. The smallest absolute Gasteiger partial charge is 0.269 e. The molecule has 8 heteroatoms. The summed E-state index contributed by atoms with van der Waals surface area (Å²) >= 11 is 0. The zero-order valence-electron chi connectivity index (χ0n) is 7.89. The molecule has 0 aromatic rings. The molecular formula is C6H12O6S2. The Morgan fingerprint density at radius 1 is 0.929 bits per heavy atom. The Labute approximate surface area is 83.5 Å². The van der Waals surface area contributed by atoms with E-state index in [1.54, 1.807) is 0 Å². The van der Waals surface area contributed by atoms with Crippen LogP contribution in [-0.2, 0) is 28.6 Å². The van der Waals surface area contributed by atoms with Crippen molar-refractivity contribution in [2.75, 3.05) is 13.2 Å². The lowest BCUT2D eigenvalue weighted by molar-refractivity contribution is 0.232. The topological polar surface area (TPSA) is 86.7 Å². The van der Waals surface area contributed by atoms with Crippen LogP contribution in [0.4, 0.5) is 0 Å². The molecule has 0 bridgehead atoms. The summed E-state index contributed by atoms with van der Waals surface area (Å²) in [5.74, 6) is 0. The number of hydrogen-bond acceptors (Lipinski definition) is 6. The van der Waals surface area contributed by atoms with Crippen LogP contribution in [0.25, 0.3) is 0 Å². The maximum absolute atomic E-state index is 11.4. The SMILES string of the molecule is CC1(C)S(=O)(=O)OCCCOS1(=O)=O. The first-order valence-corrected chi connectivity index (χ1v) is 6.80. The third-order valence-electron chi connectivity index (χ3n) is 1.97. The van der Waals surface area contributed by atoms with Crippen LogP contribution in [0.1, 0.15) is 20.3 Å². The third kappa shape index (κ3) is 1.79. The molecule has 6 nitrogen and oxygen atoms in total. The predicted octanol–water partition coefficient (Wildman–Crippen LogP) is -0.181. The second kappa shape index (κ2) is 3.44.